The van der Waals surface area contributed by atoms with Gasteiger partial charge in [0.15, 0.2) is 0 Å². The summed E-state index contributed by atoms with van der Waals surface area (Å²) in [6, 6.07) is 22.5. The highest BCUT2D eigenvalue weighted by atomic mass is 16.3. The largest absolute Gasteiger partial charge is 0.508 e. The third-order valence-corrected chi connectivity index (χ3v) is 5.99. The summed E-state index contributed by atoms with van der Waals surface area (Å²) in [4.78, 5) is 0. The van der Waals surface area contributed by atoms with Crippen molar-refractivity contribution < 1.29 is 15.3 Å². The van der Waals surface area contributed by atoms with Gasteiger partial charge in [-0.25, -0.2) is 0 Å². The predicted molar refractivity (Wildman–Crippen MR) is 127 cm³/mol. The lowest BCUT2D eigenvalue weighted by molar-refractivity contribution is 0.474. The van der Waals surface area contributed by atoms with Gasteiger partial charge in [0.2, 0.25) is 0 Å². The van der Waals surface area contributed by atoms with E-state index in [1.165, 1.54) is 61.6 Å². The minimum atomic E-state index is 0.284. The molecule has 0 unspecified atom stereocenters. The van der Waals surface area contributed by atoms with Gasteiger partial charge in [-0.2, -0.15) is 0 Å². The zero-order valence-corrected chi connectivity index (χ0v) is 18.2. The van der Waals surface area contributed by atoms with Gasteiger partial charge in [-0.3, -0.25) is 0 Å². The Kier molecular flexibility index (Phi) is 8.84. The van der Waals surface area contributed by atoms with Crippen molar-refractivity contribution in [1.82, 2.24) is 0 Å². The second kappa shape index (κ2) is 12.0. The van der Waals surface area contributed by atoms with Crippen molar-refractivity contribution in [1.29, 1.82) is 0 Å². The molecule has 0 heterocycles. The Morgan fingerprint density at radius 2 is 0.839 bits per heavy atom. The minimum Gasteiger partial charge on any atom is -0.508 e. The fourth-order valence-corrected chi connectivity index (χ4v) is 4.16. The SMILES string of the molecule is Oc1ccc(CCCCCCCCCC(c2ccc(O)cc2)c2ccc(O)cc2)cc1. The Morgan fingerprint density at radius 3 is 1.32 bits per heavy atom. The number of hydrogen-bond donors (Lipinski definition) is 3. The average Bonchev–Trinajstić information content (AvgIpc) is 2.78. The van der Waals surface area contributed by atoms with Crippen LogP contribution < -0.4 is 0 Å². The van der Waals surface area contributed by atoms with Gasteiger partial charge in [0.25, 0.3) is 0 Å². The highest BCUT2D eigenvalue weighted by Crippen LogP contribution is 2.32. The van der Waals surface area contributed by atoms with E-state index in [1.54, 1.807) is 36.4 Å². The molecule has 0 saturated carbocycles. The molecule has 0 aliphatic heterocycles. The maximum Gasteiger partial charge on any atom is 0.115 e. The van der Waals surface area contributed by atoms with Crippen LogP contribution in [0.4, 0.5) is 0 Å². The van der Waals surface area contributed by atoms with Crippen molar-refractivity contribution in [2.45, 2.75) is 63.7 Å². The van der Waals surface area contributed by atoms with E-state index < -0.39 is 0 Å². The molecule has 0 fully saturated rings. The molecule has 3 aromatic carbocycles. The van der Waals surface area contributed by atoms with E-state index in [9.17, 15) is 15.3 Å². The standard InChI is InChI=1S/C28H34O3/c29-25-16-10-22(11-17-25)8-6-4-2-1-3-5-7-9-28(23-12-18-26(30)19-13-23)24-14-20-27(31)21-15-24/h10-21,28-31H,1-9H2. The van der Waals surface area contributed by atoms with E-state index >= 15 is 0 Å². The van der Waals surface area contributed by atoms with Crippen molar-refractivity contribution in [3.63, 3.8) is 0 Å². The molecule has 0 saturated heterocycles. The molecular weight excluding hydrogens is 384 g/mol. The Bertz CT molecular complexity index is 838. The Hall–Kier alpha value is -2.94. The lowest BCUT2D eigenvalue weighted by Crippen LogP contribution is -2.01. The molecule has 0 aliphatic rings. The predicted octanol–water partition coefficient (Wildman–Crippen LogP) is 7.30. The number of phenolic OH excluding ortho intramolecular Hbond substituents is 3. The average molecular weight is 419 g/mol. The first-order chi connectivity index (χ1) is 15.1. The van der Waals surface area contributed by atoms with Crippen LogP contribution in [0.25, 0.3) is 0 Å². The lowest BCUT2D eigenvalue weighted by atomic mass is 9.86. The van der Waals surface area contributed by atoms with Crippen LogP contribution in [0, 0.1) is 0 Å². The lowest BCUT2D eigenvalue weighted by Gasteiger charge is -2.18. The molecule has 0 aromatic heterocycles. The van der Waals surface area contributed by atoms with Crippen LogP contribution in [0.5, 0.6) is 17.2 Å². The fourth-order valence-electron chi connectivity index (χ4n) is 4.16. The summed E-state index contributed by atoms with van der Waals surface area (Å²) in [6.45, 7) is 0. The summed E-state index contributed by atoms with van der Waals surface area (Å²) in [5.74, 6) is 1.20. The Morgan fingerprint density at radius 1 is 0.452 bits per heavy atom. The summed E-state index contributed by atoms with van der Waals surface area (Å²) >= 11 is 0. The van der Waals surface area contributed by atoms with Gasteiger partial charge in [-0.15, -0.1) is 0 Å². The number of aryl methyl sites for hydroxylation is 1. The number of rotatable bonds is 12. The van der Waals surface area contributed by atoms with Gasteiger partial charge in [0, 0.05) is 5.92 Å². The number of aromatic hydroxyl groups is 3. The summed E-state index contributed by atoms with van der Waals surface area (Å²) in [6.07, 6.45) is 10.8. The summed E-state index contributed by atoms with van der Waals surface area (Å²) in [5.41, 5.74) is 3.71. The van der Waals surface area contributed by atoms with Crippen LogP contribution in [0.1, 0.15) is 74.0 Å². The van der Waals surface area contributed by atoms with Gasteiger partial charge in [-0.1, -0.05) is 74.9 Å². The molecule has 0 amide bonds. The molecule has 0 aliphatic carbocycles. The number of unbranched alkanes of at least 4 members (excludes halogenated alkanes) is 6. The first kappa shape index (κ1) is 22.7. The maximum absolute atomic E-state index is 9.61. The highest BCUT2D eigenvalue weighted by Gasteiger charge is 2.14. The van der Waals surface area contributed by atoms with E-state index in [0.717, 1.165) is 12.8 Å². The molecule has 3 nitrogen and oxygen atoms in total. The molecule has 0 bridgehead atoms. The monoisotopic (exact) mass is 418 g/mol. The maximum atomic E-state index is 9.61. The molecule has 164 valence electrons. The van der Waals surface area contributed by atoms with Crippen LogP contribution in [0.3, 0.4) is 0 Å². The van der Waals surface area contributed by atoms with Gasteiger partial charge >= 0.3 is 0 Å². The van der Waals surface area contributed by atoms with Crippen LogP contribution in [-0.4, -0.2) is 15.3 Å². The van der Waals surface area contributed by atoms with Gasteiger partial charge < -0.3 is 15.3 Å². The first-order valence-electron chi connectivity index (χ1n) is 11.5. The third-order valence-electron chi connectivity index (χ3n) is 5.99. The fraction of sp³-hybridized carbons (Fsp3) is 0.357. The molecule has 0 radical (unpaired) electrons. The van der Waals surface area contributed by atoms with Crippen molar-refractivity contribution in [3.8, 4) is 17.2 Å². The number of benzene rings is 3. The smallest absolute Gasteiger partial charge is 0.115 e. The Balaban J connectivity index is 1.37. The zero-order valence-electron chi connectivity index (χ0n) is 18.2. The molecule has 3 aromatic rings. The minimum absolute atomic E-state index is 0.284. The Labute approximate surface area is 186 Å². The van der Waals surface area contributed by atoms with Crippen LogP contribution in [0.2, 0.25) is 0 Å². The molecule has 0 atom stereocenters. The second-order valence-electron chi connectivity index (χ2n) is 8.42. The summed E-state index contributed by atoms with van der Waals surface area (Å²) in [7, 11) is 0. The third kappa shape index (κ3) is 7.67. The summed E-state index contributed by atoms with van der Waals surface area (Å²) in [5, 5.41) is 28.6. The molecule has 3 rings (SSSR count). The van der Waals surface area contributed by atoms with E-state index in [-0.39, 0.29) is 5.92 Å². The van der Waals surface area contributed by atoms with E-state index in [2.05, 4.69) is 0 Å². The van der Waals surface area contributed by atoms with Crippen molar-refractivity contribution in [2.24, 2.45) is 0 Å². The van der Waals surface area contributed by atoms with E-state index in [1.807, 2.05) is 36.4 Å². The summed E-state index contributed by atoms with van der Waals surface area (Å²) < 4.78 is 0. The van der Waals surface area contributed by atoms with Gasteiger partial charge in [0.1, 0.15) is 17.2 Å². The number of hydrogen-bond acceptors (Lipinski definition) is 3. The topological polar surface area (TPSA) is 60.7 Å². The molecule has 3 heteroatoms. The van der Waals surface area contributed by atoms with Crippen LogP contribution in [0.15, 0.2) is 72.8 Å². The highest BCUT2D eigenvalue weighted by molar-refractivity contribution is 5.37. The molecule has 0 spiro atoms. The van der Waals surface area contributed by atoms with Gasteiger partial charge in [0.05, 0.1) is 0 Å². The van der Waals surface area contributed by atoms with Crippen molar-refractivity contribution in [2.75, 3.05) is 0 Å². The quantitative estimate of drug-likeness (QED) is 0.270. The first-order valence-corrected chi connectivity index (χ1v) is 11.5. The number of phenols is 3. The van der Waals surface area contributed by atoms with Crippen molar-refractivity contribution in [3.05, 3.63) is 89.5 Å². The van der Waals surface area contributed by atoms with Crippen molar-refractivity contribution >= 4 is 0 Å². The van der Waals surface area contributed by atoms with Crippen LogP contribution in [-0.2, 0) is 6.42 Å². The zero-order chi connectivity index (χ0) is 21.9. The molecular formula is C28H34O3. The normalized spacial score (nSPS) is 11.1. The van der Waals surface area contributed by atoms with Crippen LogP contribution >= 0.6 is 0 Å². The van der Waals surface area contributed by atoms with E-state index in [0.29, 0.717) is 17.2 Å². The molecule has 31 heavy (non-hydrogen) atoms. The van der Waals surface area contributed by atoms with E-state index in [4.69, 9.17) is 0 Å². The second-order valence-corrected chi connectivity index (χ2v) is 8.42. The van der Waals surface area contributed by atoms with Gasteiger partial charge in [-0.05, 0) is 72.4 Å². The molecule has 3 N–H and O–H groups in total.